The average Bonchev–Trinajstić information content (AvgIpc) is 3.00. The number of benzene rings is 5. The topological polar surface area (TPSA) is 67.4 Å². The summed E-state index contributed by atoms with van der Waals surface area (Å²) in [7, 11) is 0. The highest BCUT2D eigenvalue weighted by Crippen LogP contribution is 2.28. The van der Waals surface area contributed by atoms with Gasteiger partial charge in [0.2, 0.25) is 0 Å². The van der Waals surface area contributed by atoms with Gasteiger partial charge in [0.25, 0.3) is 11.8 Å². The van der Waals surface area contributed by atoms with E-state index in [9.17, 15) is 9.59 Å². The normalized spacial score (nSPS) is 10.6. The van der Waals surface area contributed by atoms with E-state index in [1.165, 1.54) is 0 Å². The van der Waals surface area contributed by atoms with E-state index in [4.69, 9.17) is 27.9 Å². The molecule has 0 aliphatic heterocycles. The highest BCUT2D eigenvalue weighted by Gasteiger charge is 2.16. The summed E-state index contributed by atoms with van der Waals surface area (Å²) in [5.41, 5.74) is 6.01. The van der Waals surface area contributed by atoms with Crippen molar-refractivity contribution in [2.24, 2.45) is 0 Å². The molecular formula is C35H28Cl2N2O3. The highest BCUT2D eigenvalue weighted by atomic mass is 35.5. The summed E-state index contributed by atoms with van der Waals surface area (Å²) >= 11 is 12.7. The van der Waals surface area contributed by atoms with Gasteiger partial charge in [-0.1, -0.05) is 108 Å². The molecule has 0 atom stereocenters. The van der Waals surface area contributed by atoms with E-state index < -0.39 is 0 Å². The molecule has 0 saturated carbocycles. The molecular weight excluding hydrogens is 567 g/mol. The lowest BCUT2D eigenvalue weighted by atomic mass is 9.98. The fourth-order valence-corrected chi connectivity index (χ4v) is 4.88. The van der Waals surface area contributed by atoms with Crippen LogP contribution in [0.25, 0.3) is 11.1 Å². The van der Waals surface area contributed by atoms with E-state index in [0.717, 1.165) is 27.8 Å². The van der Waals surface area contributed by atoms with Crippen LogP contribution < -0.4 is 15.4 Å². The standard InChI is InChI=1S/C35H28Cl2N2O3/c1-23-11-13-25(14-12-23)29-9-5-6-10-30(29)35(41)39-28-17-18-31(32(37)20-28)34(40)38-21-26-15-16-27(36)19-33(26)42-22-24-7-3-2-4-8-24/h2-20H,21-22H2,1H3,(H,38,40)(H,39,41). The summed E-state index contributed by atoms with van der Waals surface area (Å²) in [6, 6.07) is 35.3. The van der Waals surface area contributed by atoms with Crippen molar-refractivity contribution in [3.8, 4) is 16.9 Å². The van der Waals surface area contributed by atoms with Gasteiger partial charge in [-0.05, 0) is 60.0 Å². The van der Waals surface area contributed by atoms with Gasteiger partial charge in [-0.25, -0.2) is 0 Å². The maximum absolute atomic E-state index is 13.2. The minimum atomic E-state index is -0.355. The zero-order valence-corrected chi connectivity index (χ0v) is 24.4. The predicted molar refractivity (Wildman–Crippen MR) is 169 cm³/mol. The summed E-state index contributed by atoms with van der Waals surface area (Å²) < 4.78 is 5.99. The number of halogens is 2. The minimum Gasteiger partial charge on any atom is -0.488 e. The van der Waals surface area contributed by atoms with Crippen molar-refractivity contribution in [3.63, 3.8) is 0 Å². The molecule has 7 heteroatoms. The molecule has 0 aromatic heterocycles. The van der Waals surface area contributed by atoms with Crippen LogP contribution in [0.5, 0.6) is 5.75 Å². The second kappa shape index (κ2) is 13.4. The Hall–Kier alpha value is -4.58. The fourth-order valence-electron chi connectivity index (χ4n) is 4.46. The smallest absolute Gasteiger partial charge is 0.256 e. The van der Waals surface area contributed by atoms with Gasteiger partial charge in [-0.15, -0.1) is 0 Å². The van der Waals surface area contributed by atoms with Crippen molar-refractivity contribution in [2.45, 2.75) is 20.1 Å². The van der Waals surface area contributed by atoms with Gasteiger partial charge in [-0.3, -0.25) is 9.59 Å². The average molecular weight is 596 g/mol. The summed E-state index contributed by atoms with van der Waals surface area (Å²) in [5.74, 6) is -0.0431. The van der Waals surface area contributed by atoms with Crippen molar-refractivity contribution in [3.05, 3.63) is 153 Å². The summed E-state index contributed by atoms with van der Waals surface area (Å²) in [4.78, 5) is 26.2. The first kappa shape index (κ1) is 28.9. The Bertz CT molecular complexity index is 1720. The molecule has 210 valence electrons. The lowest BCUT2D eigenvalue weighted by Crippen LogP contribution is -2.23. The number of hydrogen-bond donors (Lipinski definition) is 2. The van der Waals surface area contributed by atoms with Gasteiger partial charge >= 0.3 is 0 Å². The monoisotopic (exact) mass is 594 g/mol. The summed E-state index contributed by atoms with van der Waals surface area (Å²) in [6.45, 7) is 2.61. The van der Waals surface area contributed by atoms with Crippen LogP contribution in [0.1, 0.15) is 37.4 Å². The highest BCUT2D eigenvalue weighted by molar-refractivity contribution is 6.34. The molecule has 5 aromatic carbocycles. The van der Waals surface area contributed by atoms with Gasteiger partial charge in [0.15, 0.2) is 0 Å². The Morgan fingerprint density at radius 2 is 1.48 bits per heavy atom. The van der Waals surface area contributed by atoms with E-state index in [1.807, 2.05) is 85.8 Å². The first-order chi connectivity index (χ1) is 20.4. The van der Waals surface area contributed by atoms with Crippen LogP contribution in [0.15, 0.2) is 115 Å². The molecule has 0 aliphatic rings. The van der Waals surface area contributed by atoms with Gasteiger partial charge in [0.05, 0.1) is 10.6 Å². The molecule has 0 spiro atoms. The second-order valence-corrected chi connectivity index (χ2v) is 10.6. The number of carbonyl (C=O) groups is 2. The Labute approximate surface area is 255 Å². The van der Waals surface area contributed by atoms with Crippen molar-refractivity contribution in [1.29, 1.82) is 0 Å². The molecule has 5 nitrogen and oxygen atoms in total. The molecule has 0 saturated heterocycles. The Morgan fingerprint density at radius 1 is 0.738 bits per heavy atom. The molecule has 0 heterocycles. The molecule has 2 N–H and O–H groups in total. The fraction of sp³-hybridized carbons (Fsp3) is 0.0857. The van der Waals surface area contributed by atoms with Crippen LogP contribution in [-0.4, -0.2) is 11.8 Å². The molecule has 0 fully saturated rings. The predicted octanol–water partition coefficient (Wildman–Crippen LogP) is 8.73. The molecule has 0 aliphatic carbocycles. The number of amides is 2. The lowest BCUT2D eigenvalue weighted by molar-refractivity contribution is 0.0950. The van der Waals surface area contributed by atoms with Gasteiger partial charge in [-0.2, -0.15) is 0 Å². The van der Waals surface area contributed by atoms with Crippen LogP contribution in [0.2, 0.25) is 10.0 Å². The molecule has 42 heavy (non-hydrogen) atoms. The van der Waals surface area contributed by atoms with Gasteiger partial charge in [0, 0.05) is 28.4 Å². The number of nitrogens with one attached hydrogen (secondary N) is 2. The van der Waals surface area contributed by atoms with E-state index in [-0.39, 0.29) is 28.9 Å². The Balaban J connectivity index is 1.25. The number of aryl methyl sites for hydroxylation is 1. The van der Waals surface area contributed by atoms with Crippen molar-refractivity contribution < 1.29 is 14.3 Å². The maximum Gasteiger partial charge on any atom is 0.256 e. The maximum atomic E-state index is 13.2. The van der Waals surface area contributed by atoms with E-state index in [1.54, 1.807) is 36.4 Å². The van der Waals surface area contributed by atoms with Gasteiger partial charge < -0.3 is 15.4 Å². The number of carbonyl (C=O) groups excluding carboxylic acids is 2. The van der Waals surface area contributed by atoms with Crippen LogP contribution in [0.3, 0.4) is 0 Å². The molecule has 2 amide bonds. The molecule has 5 rings (SSSR count). The third-order valence-electron chi connectivity index (χ3n) is 6.71. The first-order valence-electron chi connectivity index (χ1n) is 13.4. The first-order valence-corrected chi connectivity index (χ1v) is 14.1. The zero-order valence-electron chi connectivity index (χ0n) is 22.9. The van der Waals surface area contributed by atoms with E-state index in [2.05, 4.69) is 10.6 Å². The van der Waals surface area contributed by atoms with E-state index >= 15 is 0 Å². The quantitative estimate of drug-likeness (QED) is 0.179. The second-order valence-electron chi connectivity index (χ2n) is 9.77. The summed E-state index contributed by atoms with van der Waals surface area (Å²) in [6.07, 6.45) is 0. The molecule has 5 aromatic rings. The Morgan fingerprint density at radius 3 is 2.24 bits per heavy atom. The molecule has 0 bridgehead atoms. The number of ether oxygens (including phenoxy) is 1. The number of anilines is 1. The van der Waals surface area contributed by atoms with E-state index in [0.29, 0.717) is 28.6 Å². The van der Waals surface area contributed by atoms with Crippen LogP contribution >= 0.6 is 23.2 Å². The number of rotatable bonds is 9. The zero-order chi connectivity index (χ0) is 29.5. The third-order valence-corrected chi connectivity index (χ3v) is 7.26. The van der Waals surface area contributed by atoms with Crippen LogP contribution in [0.4, 0.5) is 5.69 Å². The molecule has 0 unspecified atom stereocenters. The van der Waals surface area contributed by atoms with Crippen molar-refractivity contribution in [2.75, 3.05) is 5.32 Å². The third kappa shape index (κ3) is 7.19. The molecule has 0 radical (unpaired) electrons. The van der Waals surface area contributed by atoms with Crippen molar-refractivity contribution >= 4 is 40.7 Å². The minimum absolute atomic E-state index is 0.213. The lowest BCUT2D eigenvalue weighted by Gasteiger charge is -2.14. The van der Waals surface area contributed by atoms with Crippen LogP contribution in [-0.2, 0) is 13.2 Å². The Kier molecular flexibility index (Phi) is 9.22. The number of hydrogen-bond acceptors (Lipinski definition) is 3. The largest absolute Gasteiger partial charge is 0.488 e. The SMILES string of the molecule is Cc1ccc(-c2ccccc2C(=O)Nc2ccc(C(=O)NCc3ccc(Cl)cc3OCc3ccccc3)c(Cl)c2)cc1. The van der Waals surface area contributed by atoms with Crippen LogP contribution in [0, 0.1) is 6.92 Å². The van der Waals surface area contributed by atoms with Gasteiger partial charge in [0.1, 0.15) is 12.4 Å². The summed E-state index contributed by atoms with van der Waals surface area (Å²) in [5, 5.41) is 6.55. The van der Waals surface area contributed by atoms with Crippen molar-refractivity contribution in [1.82, 2.24) is 5.32 Å².